The van der Waals surface area contributed by atoms with Crippen molar-refractivity contribution < 1.29 is 4.79 Å². The molecule has 4 nitrogen and oxygen atoms in total. The van der Waals surface area contributed by atoms with E-state index in [1.165, 1.54) is 0 Å². The summed E-state index contributed by atoms with van der Waals surface area (Å²) in [6, 6.07) is 0. The number of hydrogen-bond donors (Lipinski definition) is 2. The van der Waals surface area contributed by atoms with E-state index in [9.17, 15) is 4.79 Å². The molecule has 0 spiro atoms. The third-order valence-corrected chi connectivity index (χ3v) is 1.45. The summed E-state index contributed by atoms with van der Waals surface area (Å²) < 4.78 is 0. The average molecular weight is 171 g/mol. The minimum absolute atomic E-state index is 0.0640. The van der Waals surface area contributed by atoms with Crippen molar-refractivity contribution in [2.45, 2.75) is 6.92 Å². The number of hydrogen-bond acceptors (Lipinski definition) is 3. The van der Waals surface area contributed by atoms with E-state index < -0.39 is 0 Å². The van der Waals surface area contributed by atoms with Gasteiger partial charge in [0.05, 0.1) is 0 Å². The molecule has 1 amide bonds. The lowest BCUT2D eigenvalue weighted by Gasteiger charge is -2.20. The van der Waals surface area contributed by atoms with Gasteiger partial charge in [-0.25, -0.2) is 0 Å². The number of carbonyl (C=O) groups is 1. The Morgan fingerprint density at radius 3 is 2.00 bits per heavy atom. The highest BCUT2D eigenvalue weighted by Crippen LogP contribution is 1.96. The fraction of sp³-hybridized carbons (Fsp3) is 0.625. The van der Waals surface area contributed by atoms with Crippen LogP contribution in [0, 0.1) is 0 Å². The Bertz CT molecular complexity index is 162. The molecule has 0 fully saturated rings. The molecular weight excluding hydrogens is 154 g/mol. The Morgan fingerprint density at radius 2 is 1.75 bits per heavy atom. The maximum Gasteiger partial charge on any atom is 0.248 e. The van der Waals surface area contributed by atoms with Crippen molar-refractivity contribution >= 4 is 5.91 Å². The lowest BCUT2D eigenvalue weighted by molar-refractivity contribution is -0.126. The zero-order valence-electron chi connectivity index (χ0n) is 7.55. The normalized spacial score (nSPS) is 9.58. The molecule has 0 saturated carbocycles. The quantitative estimate of drug-likeness (QED) is 0.538. The number of nitrogens with zero attached hydrogens (tertiary/aromatic N) is 1. The first-order valence-electron chi connectivity index (χ1n) is 3.98. The van der Waals surface area contributed by atoms with Gasteiger partial charge in [-0.05, 0) is 6.92 Å². The largest absolute Gasteiger partial charge is 0.336 e. The Hall–Kier alpha value is -0.870. The van der Waals surface area contributed by atoms with Crippen molar-refractivity contribution in [2.75, 3.05) is 26.2 Å². The minimum Gasteiger partial charge on any atom is -0.336 e. The van der Waals surface area contributed by atoms with Crippen molar-refractivity contribution in [1.82, 2.24) is 4.90 Å². The molecule has 0 unspecified atom stereocenters. The molecule has 0 aromatic carbocycles. The van der Waals surface area contributed by atoms with Gasteiger partial charge in [-0.15, -0.1) is 0 Å². The Kier molecular flexibility index (Phi) is 5.32. The maximum atomic E-state index is 11.3. The van der Waals surface area contributed by atoms with Crippen molar-refractivity contribution in [1.29, 1.82) is 0 Å². The van der Waals surface area contributed by atoms with Gasteiger partial charge in [0.15, 0.2) is 0 Å². The molecule has 0 aromatic rings. The highest BCUT2D eigenvalue weighted by molar-refractivity contribution is 5.92. The summed E-state index contributed by atoms with van der Waals surface area (Å²) in [6.45, 7) is 7.25. The third-order valence-electron chi connectivity index (χ3n) is 1.45. The van der Waals surface area contributed by atoms with Gasteiger partial charge in [0.1, 0.15) is 0 Å². The lowest BCUT2D eigenvalue weighted by atomic mass is 10.3. The first kappa shape index (κ1) is 11.1. The SMILES string of the molecule is C=C(C)C(=O)N(CCN)CCN. The van der Waals surface area contributed by atoms with E-state index in [1.54, 1.807) is 11.8 Å². The van der Waals surface area contributed by atoms with E-state index in [0.717, 1.165) is 0 Å². The summed E-state index contributed by atoms with van der Waals surface area (Å²) in [5, 5.41) is 0. The molecule has 0 rings (SSSR count). The van der Waals surface area contributed by atoms with Crippen LogP contribution < -0.4 is 11.5 Å². The molecule has 0 aliphatic rings. The van der Waals surface area contributed by atoms with Crippen LogP contribution in [0.5, 0.6) is 0 Å². The van der Waals surface area contributed by atoms with Crippen LogP contribution in [0.2, 0.25) is 0 Å². The van der Waals surface area contributed by atoms with Crippen LogP contribution in [0.3, 0.4) is 0 Å². The standard InChI is InChI=1S/C8H17N3O/c1-7(2)8(12)11(5-3-9)6-4-10/h1,3-6,9-10H2,2H3. The van der Waals surface area contributed by atoms with Crippen molar-refractivity contribution in [3.05, 3.63) is 12.2 Å². The first-order valence-corrected chi connectivity index (χ1v) is 3.98. The van der Waals surface area contributed by atoms with E-state index >= 15 is 0 Å². The Morgan fingerprint density at radius 1 is 1.33 bits per heavy atom. The van der Waals surface area contributed by atoms with Crippen molar-refractivity contribution in [3.63, 3.8) is 0 Å². The van der Waals surface area contributed by atoms with Crippen LogP contribution >= 0.6 is 0 Å². The lowest BCUT2D eigenvalue weighted by Crippen LogP contribution is -2.39. The van der Waals surface area contributed by atoms with Gasteiger partial charge in [-0.3, -0.25) is 4.79 Å². The highest BCUT2D eigenvalue weighted by Gasteiger charge is 2.11. The Labute approximate surface area is 73.2 Å². The molecule has 0 atom stereocenters. The van der Waals surface area contributed by atoms with E-state index in [4.69, 9.17) is 11.5 Å². The maximum absolute atomic E-state index is 11.3. The van der Waals surface area contributed by atoms with Crippen molar-refractivity contribution in [3.8, 4) is 0 Å². The second-order valence-electron chi connectivity index (χ2n) is 2.65. The molecule has 0 saturated heterocycles. The smallest absolute Gasteiger partial charge is 0.248 e. The molecule has 0 bridgehead atoms. The number of nitrogens with two attached hydrogens (primary N) is 2. The zero-order chi connectivity index (χ0) is 9.56. The molecular formula is C8H17N3O. The predicted molar refractivity (Wildman–Crippen MR) is 49.5 cm³/mol. The van der Waals surface area contributed by atoms with Gasteiger partial charge in [0.25, 0.3) is 0 Å². The fourth-order valence-electron chi connectivity index (χ4n) is 0.896. The summed E-state index contributed by atoms with van der Waals surface area (Å²) in [4.78, 5) is 13.0. The van der Waals surface area contributed by atoms with Crippen LogP contribution in [0.4, 0.5) is 0 Å². The molecule has 4 N–H and O–H groups in total. The topological polar surface area (TPSA) is 72.3 Å². The fourth-order valence-corrected chi connectivity index (χ4v) is 0.896. The molecule has 70 valence electrons. The molecule has 0 radical (unpaired) electrons. The molecule has 0 aliphatic carbocycles. The van der Waals surface area contributed by atoms with Gasteiger partial charge in [-0.1, -0.05) is 6.58 Å². The van der Waals surface area contributed by atoms with Gasteiger partial charge >= 0.3 is 0 Å². The van der Waals surface area contributed by atoms with Crippen LogP contribution in [-0.2, 0) is 4.79 Å². The summed E-state index contributed by atoms with van der Waals surface area (Å²) in [5.41, 5.74) is 11.2. The van der Waals surface area contributed by atoms with Crippen LogP contribution in [0.15, 0.2) is 12.2 Å². The van der Waals surface area contributed by atoms with Gasteiger partial charge in [-0.2, -0.15) is 0 Å². The second-order valence-corrected chi connectivity index (χ2v) is 2.65. The molecule has 12 heavy (non-hydrogen) atoms. The van der Waals surface area contributed by atoms with E-state index in [-0.39, 0.29) is 5.91 Å². The van der Waals surface area contributed by atoms with Crippen LogP contribution in [0.25, 0.3) is 0 Å². The number of rotatable bonds is 5. The highest BCUT2D eigenvalue weighted by atomic mass is 16.2. The predicted octanol–water partition coefficient (Wildman–Crippen LogP) is -0.691. The third kappa shape index (κ3) is 3.50. The van der Waals surface area contributed by atoms with E-state index in [0.29, 0.717) is 31.8 Å². The number of carbonyl (C=O) groups excluding carboxylic acids is 1. The number of amides is 1. The van der Waals surface area contributed by atoms with E-state index in [1.807, 2.05) is 0 Å². The monoisotopic (exact) mass is 171 g/mol. The molecule has 0 aliphatic heterocycles. The zero-order valence-corrected chi connectivity index (χ0v) is 7.55. The van der Waals surface area contributed by atoms with Crippen LogP contribution in [0.1, 0.15) is 6.92 Å². The second kappa shape index (κ2) is 5.74. The summed E-state index contributed by atoms with van der Waals surface area (Å²) in [6.07, 6.45) is 0. The average Bonchev–Trinajstić information content (AvgIpc) is 2.03. The summed E-state index contributed by atoms with van der Waals surface area (Å²) in [7, 11) is 0. The van der Waals surface area contributed by atoms with Gasteiger partial charge in [0.2, 0.25) is 5.91 Å². The van der Waals surface area contributed by atoms with Gasteiger partial charge in [0, 0.05) is 31.8 Å². The summed E-state index contributed by atoms with van der Waals surface area (Å²) in [5.74, 6) is -0.0640. The summed E-state index contributed by atoms with van der Waals surface area (Å²) >= 11 is 0. The minimum atomic E-state index is -0.0640. The Balaban J connectivity index is 4.08. The molecule has 4 heteroatoms. The van der Waals surface area contributed by atoms with Gasteiger partial charge < -0.3 is 16.4 Å². The molecule has 0 aromatic heterocycles. The van der Waals surface area contributed by atoms with Crippen molar-refractivity contribution in [2.24, 2.45) is 11.5 Å². The molecule has 0 heterocycles. The first-order chi connectivity index (χ1) is 5.63. The van der Waals surface area contributed by atoms with Crippen LogP contribution in [-0.4, -0.2) is 37.0 Å². The van der Waals surface area contributed by atoms with E-state index in [2.05, 4.69) is 6.58 Å².